The van der Waals surface area contributed by atoms with E-state index in [1.165, 1.54) is 6.92 Å². The highest BCUT2D eigenvalue weighted by molar-refractivity contribution is 7.83. The van der Waals surface area contributed by atoms with Crippen LogP contribution >= 0.6 is 25.3 Å². The molecule has 0 fully saturated rings. The molecule has 0 rings (SSSR count). The summed E-state index contributed by atoms with van der Waals surface area (Å²) in [6, 6.07) is 0. The van der Waals surface area contributed by atoms with Gasteiger partial charge in [0.25, 0.3) is 0 Å². The zero-order valence-electron chi connectivity index (χ0n) is 10.2. The fraction of sp³-hybridized carbons (Fsp3) is 0.800. The number of aliphatic hydroxyl groups excluding tert-OH is 3. The molecule has 0 spiro atoms. The second-order valence-electron chi connectivity index (χ2n) is 4.56. The number of thiol groups is 2. The monoisotopic (exact) mass is 314 g/mol. The summed E-state index contributed by atoms with van der Waals surface area (Å²) in [5.74, 6) is -2.96. The Hall–Kier alpha value is -0.480. The lowest BCUT2D eigenvalue weighted by Gasteiger charge is -2.49. The summed E-state index contributed by atoms with van der Waals surface area (Å²) in [5, 5.41) is 43.2. The molecule has 0 aromatic rings. The normalized spacial score (nSPS) is 18.4. The van der Waals surface area contributed by atoms with Crippen molar-refractivity contribution < 1.29 is 35.1 Å². The Labute approximate surface area is 121 Å². The summed E-state index contributed by atoms with van der Waals surface area (Å²) >= 11 is 7.65. The van der Waals surface area contributed by atoms with Crippen LogP contribution < -0.4 is 0 Å². The van der Waals surface area contributed by atoms with Crippen molar-refractivity contribution in [3.63, 3.8) is 0 Å². The second kappa shape index (κ2) is 6.80. The third-order valence-electron chi connectivity index (χ3n) is 3.53. The minimum absolute atomic E-state index is 0.737. The summed E-state index contributed by atoms with van der Waals surface area (Å²) in [6.07, 6.45) is 0. The maximum Gasteiger partial charge on any atom is 0.317 e. The highest BCUT2D eigenvalue weighted by Crippen LogP contribution is 2.48. The first-order chi connectivity index (χ1) is 8.64. The molecule has 9 heteroatoms. The molecule has 7 nitrogen and oxygen atoms in total. The van der Waals surface area contributed by atoms with Gasteiger partial charge in [-0.15, -0.1) is 0 Å². The van der Waals surface area contributed by atoms with Gasteiger partial charge in [0.05, 0.1) is 19.8 Å². The molecular formula is C10H18O7S2. The Kier molecular flexibility index (Phi) is 6.63. The van der Waals surface area contributed by atoms with Crippen molar-refractivity contribution in [1.82, 2.24) is 0 Å². The topological polar surface area (TPSA) is 135 Å². The van der Waals surface area contributed by atoms with E-state index >= 15 is 0 Å². The van der Waals surface area contributed by atoms with Gasteiger partial charge < -0.3 is 25.5 Å². The van der Waals surface area contributed by atoms with E-state index in [1.807, 2.05) is 0 Å². The number of hydrogen-bond donors (Lipinski definition) is 7. The Bertz CT molecular complexity index is 323. The first-order valence-electron chi connectivity index (χ1n) is 5.29. The number of carbonyl (C=O) groups is 2. The summed E-state index contributed by atoms with van der Waals surface area (Å²) in [4.78, 5) is 22.3. The molecule has 2 atom stereocenters. The fourth-order valence-corrected chi connectivity index (χ4v) is 3.16. The van der Waals surface area contributed by atoms with Crippen LogP contribution in [0.1, 0.15) is 6.92 Å². The zero-order valence-corrected chi connectivity index (χ0v) is 12.0. The van der Waals surface area contributed by atoms with Gasteiger partial charge in [0.2, 0.25) is 0 Å². The van der Waals surface area contributed by atoms with E-state index in [9.17, 15) is 24.9 Å². The molecule has 19 heavy (non-hydrogen) atoms. The quantitative estimate of drug-likeness (QED) is 0.277. The first kappa shape index (κ1) is 18.5. The van der Waals surface area contributed by atoms with Crippen LogP contribution in [0, 0.1) is 10.8 Å². The molecule has 2 unspecified atom stereocenters. The average molecular weight is 314 g/mol. The minimum atomic E-state index is -1.96. The lowest BCUT2D eigenvalue weighted by atomic mass is 9.61. The molecule has 0 amide bonds. The van der Waals surface area contributed by atoms with Gasteiger partial charge >= 0.3 is 11.9 Å². The summed E-state index contributed by atoms with van der Waals surface area (Å²) in [6.45, 7) is -1.13. The van der Waals surface area contributed by atoms with Gasteiger partial charge in [0.15, 0.2) is 0 Å². The SMILES string of the molecule is CC(CO)(CO)C(CO)(C(S)C(=O)O)C(S)C(=O)O. The Morgan fingerprint density at radius 2 is 1.26 bits per heavy atom. The number of aliphatic carboxylic acids is 2. The van der Waals surface area contributed by atoms with Crippen LogP contribution in [-0.4, -0.2) is 67.8 Å². The van der Waals surface area contributed by atoms with Gasteiger partial charge in [-0.3, -0.25) is 9.59 Å². The van der Waals surface area contributed by atoms with Crippen LogP contribution in [0.5, 0.6) is 0 Å². The molecule has 0 aliphatic heterocycles. The molecule has 0 bridgehead atoms. The summed E-state index contributed by atoms with van der Waals surface area (Å²) in [7, 11) is 0. The lowest BCUT2D eigenvalue weighted by molar-refractivity contribution is -0.154. The maximum atomic E-state index is 11.1. The van der Waals surface area contributed by atoms with Gasteiger partial charge in [0.1, 0.15) is 10.5 Å². The lowest BCUT2D eigenvalue weighted by Crippen LogP contribution is -2.62. The molecule has 0 aliphatic carbocycles. The molecule has 0 heterocycles. The molecule has 5 N–H and O–H groups in total. The van der Waals surface area contributed by atoms with E-state index < -0.39 is 53.1 Å². The molecule has 0 saturated carbocycles. The van der Waals surface area contributed by atoms with Gasteiger partial charge in [-0.1, -0.05) is 6.92 Å². The second-order valence-corrected chi connectivity index (χ2v) is 5.59. The first-order valence-corrected chi connectivity index (χ1v) is 6.32. The molecule has 0 aliphatic rings. The summed E-state index contributed by atoms with van der Waals surface area (Å²) < 4.78 is 0. The number of carboxylic acid groups (broad SMARTS) is 2. The summed E-state index contributed by atoms with van der Waals surface area (Å²) in [5.41, 5.74) is -3.56. The number of aliphatic hydroxyl groups is 3. The van der Waals surface area contributed by atoms with Crippen LogP contribution in [0.2, 0.25) is 0 Å². The minimum Gasteiger partial charge on any atom is -0.480 e. The van der Waals surface area contributed by atoms with E-state index in [-0.39, 0.29) is 0 Å². The smallest absolute Gasteiger partial charge is 0.317 e. The maximum absolute atomic E-state index is 11.1. The van der Waals surface area contributed by atoms with Crippen molar-refractivity contribution in [3.05, 3.63) is 0 Å². The largest absolute Gasteiger partial charge is 0.480 e. The molecule has 0 aromatic heterocycles. The standard InChI is InChI=1S/C10H18O7S2/c1-9(2-11,3-12)10(4-13,5(18)7(14)15)6(19)8(16)17/h5-6,11-13,18-19H,2-4H2,1H3,(H,14,15)(H,16,17). The molecule has 0 saturated heterocycles. The van der Waals surface area contributed by atoms with Gasteiger partial charge in [0, 0.05) is 10.8 Å². The van der Waals surface area contributed by atoms with Crippen molar-refractivity contribution in [1.29, 1.82) is 0 Å². The van der Waals surface area contributed by atoms with Crippen molar-refractivity contribution >= 4 is 37.2 Å². The van der Waals surface area contributed by atoms with E-state index in [4.69, 9.17) is 10.2 Å². The van der Waals surface area contributed by atoms with Crippen molar-refractivity contribution in [2.24, 2.45) is 10.8 Å². The van der Waals surface area contributed by atoms with Crippen LogP contribution in [0.3, 0.4) is 0 Å². The Morgan fingerprint density at radius 1 is 0.947 bits per heavy atom. The van der Waals surface area contributed by atoms with Crippen molar-refractivity contribution in [3.8, 4) is 0 Å². The predicted molar refractivity (Wildman–Crippen MR) is 72.6 cm³/mol. The highest BCUT2D eigenvalue weighted by atomic mass is 32.1. The molecule has 112 valence electrons. The average Bonchev–Trinajstić information content (AvgIpc) is 2.38. The number of hydrogen-bond acceptors (Lipinski definition) is 7. The number of carboxylic acids is 2. The van der Waals surface area contributed by atoms with Crippen molar-refractivity contribution in [2.45, 2.75) is 17.4 Å². The molecular weight excluding hydrogens is 296 g/mol. The third-order valence-corrected chi connectivity index (χ3v) is 4.89. The van der Waals surface area contributed by atoms with E-state index in [1.54, 1.807) is 0 Å². The Morgan fingerprint density at radius 3 is 1.42 bits per heavy atom. The van der Waals surface area contributed by atoms with Crippen LogP contribution in [-0.2, 0) is 9.59 Å². The third kappa shape index (κ3) is 3.00. The fourth-order valence-electron chi connectivity index (χ4n) is 1.96. The molecule has 0 aromatic carbocycles. The number of rotatable bonds is 8. The van der Waals surface area contributed by atoms with E-state index in [0.29, 0.717) is 0 Å². The van der Waals surface area contributed by atoms with Gasteiger partial charge in [-0.05, 0) is 0 Å². The predicted octanol–water partition coefficient (Wildman–Crippen LogP) is -1.28. The van der Waals surface area contributed by atoms with Crippen LogP contribution in [0.25, 0.3) is 0 Å². The van der Waals surface area contributed by atoms with Crippen molar-refractivity contribution in [2.75, 3.05) is 19.8 Å². The van der Waals surface area contributed by atoms with Crippen LogP contribution in [0.4, 0.5) is 0 Å². The van der Waals surface area contributed by atoms with E-state index in [2.05, 4.69) is 25.3 Å². The Balaban J connectivity index is 6.09. The molecule has 0 radical (unpaired) electrons. The van der Waals surface area contributed by atoms with Gasteiger partial charge in [-0.25, -0.2) is 0 Å². The van der Waals surface area contributed by atoms with Gasteiger partial charge in [-0.2, -0.15) is 25.3 Å². The highest BCUT2D eigenvalue weighted by Gasteiger charge is 2.59. The van der Waals surface area contributed by atoms with Crippen LogP contribution in [0.15, 0.2) is 0 Å². The van der Waals surface area contributed by atoms with E-state index in [0.717, 1.165) is 0 Å². The zero-order chi connectivity index (χ0) is 15.4.